The fourth-order valence-corrected chi connectivity index (χ4v) is 3.74. The van der Waals surface area contributed by atoms with E-state index in [4.69, 9.17) is 23.4 Å². The zero-order valence-electron chi connectivity index (χ0n) is 16.3. The van der Waals surface area contributed by atoms with Crippen molar-refractivity contribution >= 4 is 8.32 Å². The smallest absolute Gasteiger partial charge is 0.192 e. The summed E-state index contributed by atoms with van der Waals surface area (Å²) in [5.41, 5.74) is 0. The molecule has 4 atom stereocenters. The van der Waals surface area contributed by atoms with Crippen molar-refractivity contribution in [3.8, 4) is 0 Å². The molecule has 24 heavy (non-hydrogen) atoms. The number of ether oxygens (including phenoxy) is 4. The topological polar surface area (TPSA) is 66.4 Å². The fraction of sp³-hybridized carbons (Fsp3) is 1.00. The van der Waals surface area contributed by atoms with Crippen LogP contribution < -0.4 is 0 Å². The summed E-state index contributed by atoms with van der Waals surface area (Å²) in [6, 6.07) is 0. The highest BCUT2D eigenvalue weighted by atomic mass is 28.4. The molecule has 0 aliphatic carbocycles. The SMILES string of the molecule is COCCOCO[C@H]1CC(O)O[C@H](C)[C@H](O[Si](C)(C)C(C)(C)C)C1. The largest absolute Gasteiger partial charge is 0.411 e. The maximum Gasteiger partial charge on any atom is 0.192 e. The molecule has 0 aromatic heterocycles. The van der Waals surface area contributed by atoms with Crippen LogP contribution in [0.1, 0.15) is 40.5 Å². The fourth-order valence-electron chi connectivity index (χ4n) is 2.34. The molecule has 0 amide bonds. The Balaban J connectivity index is 2.63. The molecule has 1 fully saturated rings. The molecule has 1 heterocycles. The molecule has 7 heteroatoms. The van der Waals surface area contributed by atoms with Crippen LogP contribution in [0.25, 0.3) is 0 Å². The van der Waals surface area contributed by atoms with E-state index in [0.29, 0.717) is 26.1 Å². The van der Waals surface area contributed by atoms with E-state index in [1.54, 1.807) is 7.11 Å². The standard InChI is InChI=1S/C17H36O6Si/c1-13-15(23-24(6,7)17(2,3)4)10-14(11-16(18)22-13)21-12-20-9-8-19-5/h13-16,18H,8-12H2,1-7H3/t13-,14-,15-,16?/m1/s1. The first kappa shape index (κ1) is 22.0. The molecular weight excluding hydrogens is 328 g/mol. The Hall–Kier alpha value is -0.0231. The van der Waals surface area contributed by atoms with Gasteiger partial charge in [0, 0.05) is 20.0 Å². The van der Waals surface area contributed by atoms with E-state index >= 15 is 0 Å². The molecule has 0 radical (unpaired) electrons. The number of hydrogen-bond donors (Lipinski definition) is 1. The van der Waals surface area contributed by atoms with Gasteiger partial charge in [-0.25, -0.2) is 0 Å². The third-order valence-corrected chi connectivity index (χ3v) is 9.43. The Bertz CT molecular complexity index is 357. The highest BCUT2D eigenvalue weighted by molar-refractivity contribution is 6.74. The summed E-state index contributed by atoms with van der Waals surface area (Å²) in [5.74, 6) is 0. The van der Waals surface area contributed by atoms with Crippen LogP contribution >= 0.6 is 0 Å². The Morgan fingerprint density at radius 2 is 1.83 bits per heavy atom. The normalized spacial score (nSPS) is 29.5. The van der Waals surface area contributed by atoms with Gasteiger partial charge in [0.25, 0.3) is 0 Å². The zero-order valence-corrected chi connectivity index (χ0v) is 17.3. The molecule has 0 spiro atoms. The summed E-state index contributed by atoms with van der Waals surface area (Å²) in [6.07, 6.45) is -0.128. The molecule has 1 aliphatic rings. The molecule has 0 bridgehead atoms. The lowest BCUT2D eigenvalue weighted by Crippen LogP contribution is -2.47. The number of hydrogen-bond acceptors (Lipinski definition) is 6. The molecule has 0 saturated carbocycles. The molecule has 0 aromatic rings. The van der Waals surface area contributed by atoms with Gasteiger partial charge in [-0.15, -0.1) is 0 Å². The van der Waals surface area contributed by atoms with Gasteiger partial charge < -0.3 is 28.5 Å². The van der Waals surface area contributed by atoms with Gasteiger partial charge in [-0.05, 0) is 25.1 Å². The predicted octanol–water partition coefficient (Wildman–Crippen LogP) is 2.90. The van der Waals surface area contributed by atoms with Crippen molar-refractivity contribution in [2.24, 2.45) is 0 Å². The van der Waals surface area contributed by atoms with E-state index in [2.05, 4.69) is 33.9 Å². The predicted molar refractivity (Wildman–Crippen MR) is 95.4 cm³/mol. The van der Waals surface area contributed by atoms with Gasteiger partial charge in [-0.1, -0.05) is 20.8 Å². The number of aliphatic hydroxyl groups is 1. The zero-order chi connectivity index (χ0) is 18.4. The summed E-state index contributed by atoms with van der Waals surface area (Å²) < 4.78 is 28.3. The third kappa shape index (κ3) is 7.07. The summed E-state index contributed by atoms with van der Waals surface area (Å²) in [6.45, 7) is 14.3. The van der Waals surface area contributed by atoms with Gasteiger partial charge in [-0.2, -0.15) is 0 Å². The van der Waals surface area contributed by atoms with Crippen molar-refractivity contribution in [2.45, 2.75) is 83.3 Å². The maximum atomic E-state index is 10.0. The van der Waals surface area contributed by atoms with Gasteiger partial charge in [-0.3, -0.25) is 0 Å². The Morgan fingerprint density at radius 3 is 2.42 bits per heavy atom. The molecule has 1 saturated heterocycles. The monoisotopic (exact) mass is 364 g/mol. The molecule has 1 unspecified atom stereocenters. The molecule has 6 nitrogen and oxygen atoms in total. The van der Waals surface area contributed by atoms with Crippen LogP contribution in [0, 0.1) is 0 Å². The van der Waals surface area contributed by atoms with Crippen LogP contribution in [0.2, 0.25) is 18.1 Å². The molecule has 144 valence electrons. The van der Waals surface area contributed by atoms with Crippen molar-refractivity contribution in [1.82, 2.24) is 0 Å². The van der Waals surface area contributed by atoms with E-state index in [1.807, 2.05) is 6.92 Å². The second kappa shape index (κ2) is 9.61. The van der Waals surface area contributed by atoms with Gasteiger partial charge in [0.2, 0.25) is 0 Å². The lowest BCUT2D eigenvalue weighted by Gasteiger charge is -2.40. The average molecular weight is 365 g/mol. The lowest BCUT2D eigenvalue weighted by atomic mass is 10.1. The van der Waals surface area contributed by atoms with Crippen molar-refractivity contribution in [2.75, 3.05) is 27.1 Å². The maximum absolute atomic E-state index is 10.0. The molecular formula is C17H36O6Si. The first-order valence-electron chi connectivity index (χ1n) is 8.76. The van der Waals surface area contributed by atoms with Crippen molar-refractivity contribution in [3.05, 3.63) is 0 Å². The van der Waals surface area contributed by atoms with Crippen LogP contribution in [0.4, 0.5) is 0 Å². The molecule has 1 aliphatic heterocycles. The van der Waals surface area contributed by atoms with Gasteiger partial charge >= 0.3 is 0 Å². The highest BCUT2D eigenvalue weighted by Crippen LogP contribution is 2.39. The van der Waals surface area contributed by atoms with Gasteiger partial charge in [0.15, 0.2) is 14.6 Å². The quantitative estimate of drug-likeness (QED) is 0.406. The molecule has 1 rings (SSSR count). The van der Waals surface area contributed by atoms with E-state index in [1.165, 1.54) is 0 Å². The van der Waals surface area contributed by atoms with Crippen molar-refractivity contribution < 1.29 is 28.5 Å². The third-order valence-electron chi connectivity index (χ3n) is 4.93. The van der Waals surface area contributed by atoms with Crippen LogP contribution in [-0.2, 0) is 23.4 Å². The minimum Gasteiger partial charge on any atom is -0.411 e. The van der Waals surface area contributed by atoms with Crippen molar-refractivity contribution in [3.63, 3.8) is 0 Å². The van der Waals surface area contributed by atoms with Crippen LogP contribution in [0.15, 0.2) is 0 Å². The summed E-state index contributed by atoms with van der Waals surface area (Å²) in [7, 11) is -0.290. The van der Waals surface area contributed by atoms with Crippen LogP contribution in [0.5, 0.6) is 0 Å². The minimum absolute atomic E-state index is 0.0907. The first-order valence-corrected chi connectivity index (χ1v) is 11.7. The Labute approximate surface area is 147 Å². The second-order valence-corrected chi connectivity index (χ2v) is 12.7. The summed E-state index contributed by atoms with van der Waals surface area (Å²) >= 11 is 0. The number of rotatable bonds is 8. The minimum atomic E-state index is -1.92. The lowest BCUT2D eigenvalue weighted by molar-refractivity contribution is -0.157. The summed E-state index contributed by atoms with van der Waals surface area (Å²) in [4.78, 5) is 0. The average Bonchev–Trinajstić information content (AvgIpc) is 2.56. The first-order chi connectivity index (χ1) is 11.1. The Kier molecular flexibility index (Phi) is 8.82. The van der Waals surface area contributed by atoms with E-state index in [9.17, 15) is 5.11 Å². The number of methoxy groups -OCH3 is 1. The van der Waals surface area contributed by atoms with Crippen molar-refractivity contribution in [1.29, 1.82) is 0 Å². The number of aliphatic hydroxyl groups excluding tert-OH is 1. The van der Waals surface area contributed by atoms with E-state index in [0.717, 1.165) is 0 Å². The summed E-state index contributed by atoms with van der Waals surface area (Å²) in [5, 5.41) is 10.2. The molecule has 0 aromatic carbocycles. The van der Waals surface area contributed by atoms with Crippen LogP contribution in [-0.4, -0.2) is 65.1 Å². The second-order valence-electron chi connectivity index (χ2n) is 7.99. The van der Waals surface area contributed by atoms with Crippen LogP contribution in [0.3, 0.4) is 0 Å². The van der Waals surface area contributed by atoms with Gasteiger partial charge in [0.1, 0.15) is 6.79 Å². The van der Waals surface area contributed by atoms with E-state index in [-0.39, 0.29) is 30.1 Å². The van der Waals surface area contributed by atoms with Gasteiger partial charge in [0.05, 0.1) is 31.5 Å². The van der Waals surface area contributed by atoms with E-state index < -0.39 is 14.6 Å². The molecule has 1 N–H and O–H groups in total. The Morgan fingerprint density at radius 1 is 1.17 bits per heavy atom. The highest BCUT2D eigenvalue weighted by Gasteiger charge is 2.42.